The van der Waals surface area contributed by atoms with Gasteiger partial charge in [0.2, 0.25) is 0 Å². The maximum absolute atomic E-state index is 11.9. The first-order valence-corrected chi connectivity index (χ1v) is 5.47. The molecule has 4 nitrogen and oxygen atoms in total. The van der Waals surface area contributed by atoms with Gasteiger partial charge in [0, 0.05) is 25.1 Å². The number of ketones is 2. The Hall–Kier alpha value is -1.16. The number of Topliss-reactive ketones (excluding diaryl/α,β-unsaturated/α-hetero) is 2. The fourth-order valence-electron chi connectivity index (χ4n) is 1.96. The Morgan fingerprint density at radius 2 is 2.07 bits per heavy atom. The lowest BCUT2D eigenvalue weighted by molar-refractivity contribution is -0.122. The molecule has 0 radical (unpaired) electrons. The van der Waals surface area contributed by atoms with E-state index in [1.165, 1.54) is 0 Å². The van der Waals surface area contributed by atoms with E-state index < -0.39 is 0 Å². The second-order valence-electron chi connectivity index (χ2n) is 4.14. The second kappa shape index (κ2) is 4.14. The van der Waals surface area contributed by atoms with Crippen molar-refractivity contribution in [2.45, 2.75) is 32.1 Å². The van der Waals surface area contributed by atoms with Gasteiger partial charge in [0.15, 0.2) is 11.6 Å². The molecule has 0 aliphatic heterocycles. The monoisotopic (exact) mass is 208 g/mol. The van der Waals surface area contributed by atoms with Gasteiger partial charge < -0.3 is 5.43 Å². The van der Waals surface area contributed by atoms with Gasteiger partial charge in [0.05, 0.1) is 5.57 Å². The van der Waals surface area contributed by atoms with Crippen LogP contribution < -0.4 is 10.9 Å². The fraction of sp³-hybridized carbons (Fsp3) is 0.636. The lowest BCUT2D eigenvalue weighted by atomic mass is 9.90. The summed E-state index contributed by atoms with van der Waals surface area (Å²) in [6.07, 6.45) is 4.04. The summed E-state index contributed by atoms with van der Waals surface area (Å²) in [7, 11) is 1.74. The van der Waals surface area contributed by atoms with Crippen molar-refractivity contribution >= 4 is 11.6 Å². The number of hydrogen-bond acceptors (Lipinski definition) is 4. The lowest BCUT2D eigenvalue weighted by Crippen LogP contribution is -2.33. The molecule has 0 aromatic heterocycles. The number of rotatable bonds is 4. The Bertz CT molecular complexity index is 329. The number of hydrogen-bond donors (Lipinski definition) is 2. The van der Waals surface area contributed by atoms with Crippen LogP contribution >= 0.6 is 0 Å². The molecule has 2 aliphatic carbocycles. The highest BCUT2D eigenvalue weighted by atomic mass is 16.1. The van der Waals surface area contributed by atoms with E-state index in [4.69, 9.17) is 0 Å². The van der Waals surface area contributed by atoms with E-state index in [1.54, 1.807) is 7.05 Å². The van der Waals surface area contributed by atoms with Gasteiger partial charge >= 0.3 is 0 Å². The van der Waals surface area contributed by atoms with Crippen molar-refractivity contribution in [3.05, 3.63) is 11.3 Å². The van der Waals surface area contributed by atoms with Gasteiger partial charge in [-0.3, -0.25) is 9.59 Å². The van der Waals surface area contributed by atoms with Gasteiger partial charge in [-0.25, -0.2) is 5.43 Å². The Balaban J connectivity index is 2.25. The molecular weight excluding hydrogens is 192 g/mol. The molecule has 2 N–H and O–H groups in total. The van der Waals surface area contributed by atoms with Crippen LogP contribution in [0.25, 0.3) is 0 Å². The molecule has 0 spiro atoms. The van der Waals surface area contributed by atoms with E-state index in [-0.39, 0.29) is 17.5 Å². The minimum atomic E-state index is 0.0101. The van der Waals surface area contributed by atoms with Crippen LogP contribution in [-0.4, -0.2) is 18.6 Å². The summed E-state index contributed by atoms with van der Waals surface area (Å²) in [5.74, 6) is 0.184. The van der Waals surface area contributed by atoms with Crippen LogP contribution in [0.4, 0.5) is 0 Å². The standard InChI is InChI=1S/C11H16N2O2/c1-12-13-8-3-2-4-9(14)10(8)11(15)7-5-6-7/h7,12-13H,2-6H2,1H3. The summed E-state index contributed by atoms with van der Waals surface area (Å²) >= 11 is 0. The molecule has 2 aliphatic rings. The van der Waals surface area contributed by atoms with Gasteiger partial charge in [-0.05, 0) is 25.7 Å². The maximum atomic E-state index is 11.9. The molecule has 15 heavy (non-hydrogen) atoms. The summed E-state index contributed by atoms with van der Waals surface area (Å²) in [6.45, 7) is 0. The lowest BCUT2D eigenvalue weighted by Gasteiger charge is -2.19. The minimum Gasteiger partial charge on any atom is -0.325 e. The van der Waals surface area contributed by atoms with Crippen LogP contribution in [0.5, 0.6) is 0 Å². The molecule has 0 unspecified atom stereocenters. The van der Waals surface area contributed by atoms with Crippen molar-refractivity contribution in [3.63, 3.8) is 0 Å². The summed E-state index contributed by atoms with van der Waals surface area (Å²) in [5.41, 5.74) is 6.92. The van der Waals surface area contributed by atoms with Crippen LogP contribution in [0.1, 0.15) is 32.1 Å². The van der Waals surface area contributed by atoms with Crippen molar-refractivity contribution in [1.82, 2.24) is 10.9 Å². The van der Waals surface area contributed by atoms with Gasteiger partial charge in [0.25, 0.3) is 0 Å². The Morgan fingerprint density at radius 1 is 1.33 bits per heavy atom. The normalized spacial score (nSPS) is 21.8. The largest absolute Gasteiger partial charge is 0.325 e. The maximum Gasteiger partial charge on any atom is 0.171 e. The summed E-state index contributed by atoms with van der Waals surface area (Å²) in [4.78, 5) is 23.6. The van der Waals surface area contributed by atoms with E-state index in [9.17, 15) is 9.59 Å². The van der Waals surface area contributed by atoms with Crippen molar-refractivity contribution < 1.29 is 9.59 Å². The Kier molecular flexibility index (Phi) is 2.86. The number of carbonyl (C=O) groups is 2. The zero-order valence-electron chi connectivity index (χ0n) is 8.93. The average Bonchev–Trinajstić information content (AvgIpc) is 3.01. The predicted octanol–water partition coefficient (Wildman–Crippen LogP) is 0.697. The van der Waals surface area contributed by atoms with Crippen LogP contribution in [0.3, 0.4) is 0 Å². The summed E-state index contributed by atoms with van der Waals surface area (Å²) < 4.78 is 0. The van der Waals surface area contributed by atoms with Crippen molar-refractivity contribution in [2.24, 2.45) is 5.92 Å². The molecule has 0 aromatic rings. The number of carbonyl (C=O) groups excluding carboxylic acids is 2. The summed E-state index contributed by atoms with van der Waals surface area (Å²) in [6, 6.07) is 0. The molecular formula is C11H16N2O2. The molecule has 0 bridgehead atoms. The van der Waals surface area contributed by atoms with E-state index in [0.29, 0.717) is 12.0 Å². The van der Waals surface area contributed by atoms with E-state index in [0.717, 1.165) is 31.4 Å². The van der Waals surface area contributed by atoms with E-state index >= 15 is 0 Å². The van der Waals surface area contributed by atoms with Crippen LogP contribution in [0, 0.1) is 5.92 Å². The molecule has 0 amide bonds. The smallest absolute Gasteiger partial charge is 0.171 e. The third kappa shape index (κ3) is 2.09. The zero-order valence-corrected chi connectivity index (χ0v) is 8.93. The molecule has 1 fully saturated rings. The fourth-order valence-corrected chi connectivity index (χ4v) is 1.96. The number of nitrogens with one attached hydrogen (secondary N) is 2. The highest BCUT2D eigenvalue weighted by Gasteiger charge is 2.36. The highest BCUT2D eigenvalue weighted by Crippen LogP contribution is 2.35. The van der Waals surface area contributed by atoms with Gasteiger partial charge in [0.1, 0.15) is 0 Å². The van der Waals surface area contributed by atoms with Crippen molar-refractivity contribution in [1.29, 1.82) is 0 Å². The van der Waals surface area contributed by atoms with Crippen molar-refractivity contribution in [2.75, 3.05) is 7.05 Å². The average molecular weight is 208 g/mol. The molecule has 1 saturated carbocycles. The van der Waals surface area contributed by atoms with E-state index in [2.05, 4.69) is 10.9 Å². The second-order valence-corrected chi connectivity index (χ2v) is 4.14. The third-order valence-electron chi connectivity index (χ3n) is 2.88. The first kappa shape index (κ1) is 10.4. The SMILES string of the molecule is CNNC1=C(C(=O)C2CC2)C(=O)CCC1. The predicted molar refractivity (Wildman–Crippen MR) is 55.8 cm³/mol. The van der Waals surface area contributed by atoms with Gasteiger partial charge in [-0.1, -0.05) is 0 Å². The van der Waals surface area contributed by atoms with Crippen molar-refractivity contribution in [3.8, 4) is 0 Å². The summed E-state index contributed by atoms with van der Waals surface area (Å²) in [5, 5.41) is 0. The molecule has 0 heterocycles. The molecule has 0 saturated heterocycles. The molecule has 0 aromatic carbocycles. The molecule has 4 heteroatoms. The van der Waals surface area contributed by atoms with Gasteiger partial charge in [-0.2, -0.15) is 0 Å². The first-order chi connectivity index (χ1) is 7.24. The van der Waals surface area contributed by atoms with Crippen LogP contribution in [0.2, 0.25) is 0 Å². The van der Waals surface area contributed by atoms with Crippen LogP contribution in [-0.2, 0) is 9.59 Å². The number of hydrazine groups is 1. The minimum absolute atomic E-state index is 0.0101. The number of allylic oxidation sites excluding steroid dienone is 2. The quantitative estimate of drug-likeness (QED) is 0.527. The zero-order chi connectivity index (χ0) is 10.8. The van der Waals surface area contributed by atoms with E-state index in [1.807, 2.05) is 0 Å². The molecule has 2 rings (SSSR count). The highest BCUT2D eigenvalue weighted by molar-refractivity contribution is 6.22. The Labute approximate surface area is 89.1 Å². The first-order valence-electron chi connectivity index (χ1n) is 5.47. The third-order valence-corrected chi connectivity index (χ3v) is 2.88. The van der Waals surface area contributed by atoms with Crippen LogP contribution in [0.15, 0.2) is 11.3 Å². The Morgan fingerprint density at radius 3 is 2.67 bits per heavy atom. The molecule has 82 valence electrons. The topological polar surface area (TPSA) is 58.2 Å². The van der Waals surface area contributed by atoms with Gasteiger partial charge in [-0.15, -0.1) is 0 Å². The molecule has 0 atom stereocenters.